The zero-order valence-corrected chi connectivity index (χ0v) is 22.7. The fourth-order valence-electron chi connectivity index (χ4n) is 4.45. The monoisotopic (exact) mass is 492 g/mol. The molecule has 1 fully saturated rings. The van der Waals surface area contributed by atoms with E-state index < -0.39 is 17.7 Å². The Labute approximate surface area is 215 Å². The zero-order valence-electron chi connectivity index (χ0n) is 22.7. The predicted octanol–water partition coefficient (Wildman–Crippen LogP) is 5.53. The second kappa shape index (κ2) is 11.7. The van der Waals surface area contributed by atoms with E-state index in [-0.39, 0.29) is 11.3 Å². The Bertz CT molecular complexity index is 1120. The molecule has 6 heteroatoms. The van der Waals surface area contributed by atoms with Crippen LogP contribution >= 0.6 is 0 Å². The van der Waals surface area contributed by atoms with Gasteiger partial charge in [0, 0.05) is 12.1 Å². The highest BCUT2D eigenvalue weighted by molar-refractivity contribution is 6.46. The average molecular weight is 493 g/mol. The maximum Gasteiger partial charge on any atom is 0.295 e. The molecule has 1 amide bonds. The summed E-state index contributed by atoms with van der Waals surface area (Å²) in [5.41, 5.74) is 3.49. The molecule has 3 rings (SSSR count). The number of carbonyl (C=O) groups is 2. The first-order valence-corrected chi connectivity index (χ1v) is 12.8. The molecule has 1 aliphatic heterocycles. The second-order valence-electron chi connectivity index (χ2n) is 10.7. The number of nitrogens with zero attached hydrogens (tertiary/aromatic N) is 2. The summed E-state index contributed by atoms with van der Waals surface area (Å²) in [6, 6.07) is 12.7. The molecule has 0 aromatic heterocycles. The number of hydrogen-bond donors (Lipinski definition) is 1. The van der Waals surface area contributed by atoms with Crippen molar-refractivity contribution in [2.24, 2.45) is 5.92 Å². The molecule has 1 atom stereocenters. The molecule has 0 saturated carbocycles. The van der Waals surface area contributed by atoms with E-state index in [1.54, 1.807) is 11.0 Å². The predicted molar refractivity (Wildman–Crippen MR) is 144 cm³/mol. The lowest BCUT2D eigenvalue weighted by molar-refractivity contribution is -0.139. The van der Waals surface area contributed by atoms with E-state index >= 15 is 0 Å². The van der Waals surface area contributed by atoms with Crippen molar-refractivity contribution in [3.63, 3.8) is 0 Å². The standard InChI is InChI=1S/C30H40N2O4/c1-19(2)18-36-25-14-13-24(17-21(25)5)28(33)26-27(23-11-9-22(10-12-23)20(3)4)32(30(35)29(26)34)16-8-15-31(6)7/h9-14,17,19-20,27,33H,8,15-16,18H2,1-7H3/b28-26-. The van der Waals surface area contributed by atoms with Crippen LogP contribution in [0.15, 0.2) is 48.0 Å². The summed E-state index contributed by atoms with van der Waals surface area (Å²) < 4.78 is 5.87. The van der Waals surface area contributed by atoms with Gasteiger partial charge in [0.2, 0.25) is 0 Å². The Morgan fingerprint density at radius 3 is 2.28 bits per heavy atom. The third-order valence-corrected chi connectivity index (χ3v) is 6.48. The minimum atomic E-state index is -0.645. The van der Waals surface area contributed by atoms with E-state index in [9.17, 15) is 14.7 Å². The van der Waals surface area contributed by atoms with E-state index in [4.69, 9.17) is 4.74 Å². The van der Waals surface area contributed by atoms with Gasteiger partial charge >= 0.3 is 0 Å². The molecule has 0 aliphatic carbocycles. The van der Waals surface area contributed by atoms with E-state index in [0.717, 1.165) is 29.8 Å². The number of likely N-dealkylation sites (tertiary alicyclic amines) is 1. The van der Waals surface area contributed by atoms with Gasteiger partial charge in [-0.15, -0.1) is 0 Å². The Hall–Kier alpha value is -3.12. The van der Waals surface area contributed by atoms with Crippen molar-refractivity contribution in [1.29, 1.82) is 0 Å². The van der Waals surface area contributed by atoms with Crippen molar-refractivity contribution < 1.29 is 19.4 Å². The maximum atomic E-state index is 13.3. The topological polar surface area (TPSA) is 70.1 Å². The molecule has 0 bridgehead atoms. The number of aliphatic hydroxyl groups is 1. The molecule has 0 spiro atoms. The molecule has 0 radical (unpaired) electrons. The van der Waals surface area contributed by atoms with E-state index in [1.807, 2.05) is 57.4 Å². The van der Waals surface area contributed by atoms with Crippen LogP contribution in [-0.2, 0) is 9.59 Å². The summed E-state index contributed by atoms with van der Waals surface area (Å²) in [4.78, 5) is 30.1. The van der Waals surface area contributed by atoms with Crippen LogP contribution in [0.2, 0.25) is 0 Å². The van der Waals surface area contributed by atoms with Crippen LogP contribution in [0.25, 0.3) is 5.76 Å². The molecule has 1 unspecified atom stereocenters. The Morgan fingerprint density at radius 2 is 1.72 bits per heavy atom. The quantitative estimate of drug-likeness (QED) is 0.268. The fraction of sp³-hybridized carbons (Fsp3) is 0.467. The lowest BCUT2D eigenvalue weighted by Gasteiger charge is -2.26. The number of amides is 1. The molecule has 1 heterocycles. The van der Waals surface area contributed by atoms with Gasteiger partial charge in [-0.25, -0.2) is 0 Å². The first-order chi connectivity index (χ1) is 17.0. The number of ether oxygens (including phenoxy) is 1. The number of aryl methyl sites for hydroxylation is 1. The van der Waals surface area contributed by atoms with Crippen LogP contribution in [0, 0.1) is 12.8 Å². The average Bonchev–Trinajstić information content (AvgIpc) is 3.07. The fourth-order valence-corrected chi connectivity index (χ4v) is 4.45. The van der Waals surface area contributed by atoms with E-state index in [1.165, 1.54) is 5.56 Å². The van der Waals surface area contributed by atoms with Crippen LogP contribution in [0.5, 0.6) is 5.75 Å². The van der Waals surface area contributed by atoms with Crippen molar-refractivity contribution in [2.45, 2.75) is 53.0 Å². The van der Waals surface area contributed by atoms with Gasteiger partial charge in [-0.2, -0.15) is 0 Å². The molecule has 2 aromatic rings. The van der Waals surface area contributed by atoms with Gasteiger partial charge in [0.05, 0.1) is 18.2 Å². The minimum Gasteiger partial charge on any atom is -0.507 e. The largest absolute Gasteiger partial charge is 0.507 e. The number of aliphatic hydroxyl groups excluding tert-OH is 1. The van der Waals surface area contributed by atoms with Crippen LogP contribution < -0.4 is 4.74 Å². The molecule has 2 aromatic carbocycles. The minimum absolute atomic E-state index is 0.136. The van der Waals surface area contributed by atoms with Crippen LogP contribution in [0.3, 0.4) is 0 Å². The van der Waals surface area contributed by atoms with Gasteiger partial charge in [-0.05, 0) is 80.7 Å². The third kappa shape index (κ3) is 6.16. The van der Waals surface area contributed by atoms with Crippen LogP contribution in [0.4, 0.5) is 0 Å². The molecule has 1 saturated heterocycles. The highest BCUT2D eigenvalue weighted by Gasteiger charge is 2.45. The van der Waals surface area contributed by atoms with Gasteiger partial charge in [-0.3, -0.25) is 9.59 Å². The molecular weight excluding hydrogens is 452 g/mol. The number of rotatable bonds is 10. The third-order valence-electron chi connectivity index (χ3n) is 6.48. The number of carbonyl (C=O) groups excluding carboxylic acids is 2. The summed E-state index contributed by atoms with van der Waals surface area (Å²) in [5, 5.41) is 11.4. The first-order valence-electron chi connectivity index (χ1n) is 12.8. The molecular formula is C30H40N2O4. The number of hydrogen-bond acceptors (Lipinski definition) is 5. The van der Waals surface area contributed by atoms with Crippen molar-refractivity contribution in [3.05, 3.63) is 70.3 Å². The zero-order chi connectivity index (χ0) is 26.6. The highest BCUT2D eigenvalue weighted by atomic mass is 16.5. The summed E-state index contributed by atoms with van der Waals surface area (Å²) in [5.74, 6) is 0.132. The van der Waals surface area contributed by atoms with Crippen molar-refractivity contribution >= 4 is 17.4 Å². The lowest BCUT2D eigenvalue weighted by Crippen LogP contribution is -2.32. The van der Waals surface area contributed by atoms with Gasteiger partial charge < -0.3 is 19.6 Å². The Balaban J connectivity index is 2.05. The van der Waals surface area contributed by atoms with E-state index in [2.05, 4.69) is 32.6 Å². The van der Waals surface area contributed by atoms with Crippen molar-refractivity contribution in [2.75, 3.05) is 33.8 Å². The van der Waals surface area contributed by atoms with E-state index in [0.29, 0.717) is 30.6 Å². The number of ketones is 1. The smallest absolute Gasteiger partial charge is 0.295 e. The summed E-state index contributed by atoms with van der Waals surface area (Å²) in [6.45, 7) is 12.1. The second-order valence-corrected chi connectivity index (χ2v) is 10.7. The summed E-state index contributed by atoms with van der Waals surface area (Å²) >= 11 is 0. The van der Waals surface area contributed by atoms with Gasteiger partial charge in [0.1, 0.15) is 11.5 Å². The van der Waals surface area contributed by atoms with Crippen molar-refractivity contribution in [3.8, 4) is 5.75 Å². The highest BCUT2D eigenvalue weighted by Crippen LogP contribution is 2.40. The van der Waals surface area contributed by atoms with Gasteiger partial charge in [0.25, 0.3) is 11.7 Å². The van der Waals surface area contributed by atoms with Gasteiger partial charge in [-0.1, -0.05) is 52.0 Å². The molecule has 1 aliphatic rings. The molecule has 194 valence electrons. The molecule has 36 heavy (non-hydrogen) atoms. The normalized spacial score (nSPS) is 17.6. The Kier molecular flexibility index (Phi) is 8.96. The summed E-state index contributed by atoms with van der Waals surface area (Å²) in [7, 11) is 3.96. The SMILES string of the molecule is Cc1cc(/C(O)=C2/C(=O)C(=O)N(CCCN(C)C)C2c2ccc(C(C)C)cc2)ccc1OCC(C)C. The molecule has 6 nitrogen and oxygen atoms in total. The number of Topliss-reactive ketones (excluding diaryl/α,β-unsaturated/α-hetero) is 1. The number of benzene rings is 2. The lowest BCUT2D eigenvalue weighted by atomic mass is 9.93. The van der Waals surface area contributed by atoms with Gasteiger partial charge in [0.15, 0.2) is 0 Å². The Morgan fingerprint density at radius 1 is 1.06 bits per heavy atom. The summed E-state index contributed by atoms with van der Waals surface area (Å²) in [6.07, 6.45) is 0.724. The van der Waals surface area contributed by atoms with Crippen LogP contribution in [-0.4, -0.2) is 60.4 Å². The van der Waals surface area contributed by atoms with Crippen LogP contribution in [0.1, 0.15) is 68.3 Å². The first kappa shape index (κ1) is 27.5. The van der Waals surface area contributed by atoms with Crippen molar-refractivity contribution in [1.82, 2.24) is 9.80 Å². The molecule has 1 N–H and O–H groups in total. The maximum absolute atomic E-state index is 13.3.